The summed E-state index contributed by atoms with van der Waals surface area (Å²) in [6, 6.07) is 5.36. The number of hydrogen-bond donors (Lipinski definition) is 1. The van der Waals surface area contributed by atoms with Gasteiger partial charge in [0.2, 0.25) is 0 Å². The van der Waals surface area contributed by atoms with Crippen LogP contribution in [0.3, 0.4) is 0 Å². The second kappa shape index (κ2) is 4.97. The monoisotopic (exact) mass is 201 g/mol. The van der Waals surface area contributed by atoms with E-state index in [2.05, 4.69) is 0 Å². The Bertz CT molecular complexity index is 280. The highest BCUT2D eigenvalue weighted by Crippen LogP contribution is 2.30. The van der Waals surface area contributed by atoms with Crippen molar-refractivity contribution < 1.29 is 9.13 Å². The molecule has 0 spiro atoms. The first-order valence-corrected chi connectivity index (χ1v) is 4.88. The van der Waals surface area contributed by atoms with E-state index < -0.39 is 0 Å². The summed E-state index contributed by atoms with van der Waals surface area (Å²) in [6.07, 6.45) is 0. The summed E-state index contributed by atoms with van der Waals surface area (Å²) in [5.74, 6) is 1.15. The number of ether oxygens (including phenoxy) is 1. The molecule has 2 N–H and O–H groups in total. The summed E-state index contributed by atoms with van der Waals surface area (Å²) >= 11 is 1.42. The Morgan fingerprint density at radius 3 is 2.92 bits per heavy atom. The number of nitrogens with two attached hydrogens (primary N) is 1. The lowest BCUT2D eigenvalue weighted by molar-refractivity contribution is 0.405. The van der Waals surface area contributed by atoms with Crippen LogP contribution in [0.15, 0.2) is 23.1 Å². The Morgan fingerprint density at radius 1 is 1.54 bits per heavy atom. The van der Waals surface area contributed by atoms with Gasteiger partial charge in [0.05, 0.1) is 13.8 Å². The average molecular weight is 201 g/mol. The molecule has 0 bridgehead atoms. The molecule has 0 aliphatic heterocycles. The van der Waals surface area contributed by atoms with Crippen LogP contribution in [0.1, 0.15) is 0 Å². The van der Waals surface area contributed by atoms with Gasteiger partial charge in [-0.05, 0) is 12.1 Å². The average Bonchev–Trinajstić information content (AvgIpc) is 2.16. The molecule has 0 atom stereocenters. The molecule has 1 aromatic carbocycles. The molecule has 0 aliphatic carbocycles. The van der Waals surface area contributed by atoms with Crippen LogP contribution in [-0.4, -0.2) is 19.5 Å². The first-order valence-electron chi connectivity index (χ1n) is 3.90. The predicted molar refractivity (Wildman–Crippen MR) is 54.1 cm³/mol. The van der Waals surface area contributed by atoms with Gasteiger partial charge >= 0.3 is 0 Å². The molecule has 0 radical (unpaired) electrons. The zero-order valence-corrected chi connectivity index (χ0v) is 8.23. The molecule has 0 fully saturated rings. The van der Waals surface area contributed by atoms with E-state index >= 15 is 0 Å². The van der Waals surface area contributed by atoms with Crippen molar-refractivity contribution in [3.63, 3.8) is 0 Å². The number of rotatable bonds is 4. The van der Waals surface area contributed by atoms with E-state index in [1.807, 2.05) is 6.07 Å². The van der Waals surface area contributed by atoms with E-state index in [0.717, 1.165) is 4.90 Å². The molecule has 2 nitrogen and oxygen atoms in total. The van der Waals surface area contributed by atoms with Gasteiger partial charge in [-0.25, -0.2) is 0 Å². The molecule has 0 amide bonds. The van der Waals surface area contributed by atoms with Crippen molar-refractivity contribution in [2.24, 2.45) is 0 Å². The van der Waals surface area contributed by atoms with Crippen LogP contribution in [0.2, 0.25) is 0 Å². The standard InChI is InChI=1S/C9H12FNOS/c1-12-8-6-7(11)2-3-9(8)13-5-4-10/h2-3,6H,4-5,11H2,1H3. The molecule has 0 saturated carbocycles. The van der Waals surface area contributed by atoms with Gasteiger partial charge in [-0.15, -0.1) is 11.8 Å². The maximum Gasteiger partial charge on any atom is 0.134 e. The molecule has 0 aliphatic rings. The minimum absolute atomic E-state index is 0.335. The highest BCUT2D eigenvalue weighted by Gasteiger charge is 2.03. The topological polar surface area (TPSA) is 35.2 Å². The Hall–Kier alpha value is -0.900. The Morgan fingerprint density at radius 2 is 2.31 bits per heavy atom. The third-order valence-corrected chi connectivity index (χ3v) is 2.53. The van der Waals surface area contributed by atoms with Crippen molar-refractivity contribution >= 4 is 17.4 Å². The van der Waals surface area contributed by atoms with Crippen LogP contribution in [0.5, 0.6) is 5.75 Å². The van der Waals surface area contributed by atoms with Crippen molar-refractivity contribution in [3.05, 3.63) is 18.2 Å². The van der Waals surface area contributed by atoms with Gasteiger partial charge in [-0.2, -0.15) is 0 Å². The highest BCUT2D eigenvalue weighted by atomic mass is 32.2. The van der Waals surface area contributed by atoms with Crippen LogP contribution >= 0.6 is 11.8 Å². The van der Waals surface area contributed by atoms with Gasteiger partial charge in [0, 0.05) is 22.4 Å². The Balaban J connectivity index is 2.79. The van der Waals surface area contributed by atoms with Crippen LogP contribution in [0.25, 0.3) is 0 Å². The minimum Gasteiger partial charge on any atom is -0.496 e. The zero-order chi connectivity index (χ0) is 9.68. The van der Waals surface area contributed by atoms with Crippen molar-refractivity contribution in [3.8, 4) is 5.75 Å². The summed E-state index contributed by atoms with van der Waals surface area (Å²) in [7, 11) is 1.58. The van der Waals surface area contributed by atoms with E-state index in [-0.39, 0.29) is 6.67 Å². The molecule has 0 unspecified atom stereocenters. The van der Waals surface area contributed by atoms with Gasteiger partial charge in [0.1, 0.15) is 5.75 Å². The van der Waals surface area contributed by atoms with Crippen LogP contribution in [0.4, 0.5) is 10.1 Å². The second-order valence-corrected chi connectivity index (χ2v) is 3.58. The molecule has 4 heteroatoms. The number of nitrogen functional groups attached to an aromatic ring is 1. The fraction of sp³-hybridized carbons (Fsp3) is 0.333. The Labute approximate surface area is 81.3 Å². The SMILES string of the molecule is COc1cc(N)ccc1SCCF. The summed E-state index contributed by atoms with van der Waals surface area (Å²) in [5, 5.41) is 0. The number of thioether (sulfide) groups is 1. The highest BCUT2D eigenvalue weighted by molar-refractivity contribution is 7.99. The smallest absolute Gasteiger partial charge is 0.134 e. The summed E-state index contributed by atoms with van der Waals surface area (Å²) < 4.78 is 17.0. The van der Waals surface area contributed by atoms with Crippen molar-refractivity contribution in [2.75, 3.05) is 25.3 Å². The maximum atomic E-state index is 11.9. The largest absolute Gasteiger partial charge is 0.496 e. The van der Waals surface area contributed by atoms with Crippen molar-refractivity contribution in [1.82, 2.24) is 0 Å². The Kier molecular flexibility index (Phi) is 3.89. The van der Waals surface area contributed by atoms with Crippen molar-refractivity contribution in [1.29, 1.82) is 0 Å². The number of methoxy groups -OCH3 is 1. The maximum absolute atomic E-state index is 11.9. The van der Waals surface area contributed by atoms with Gasteiger partial charge < -0.3 is 10.5 Å². The first kappa shape index (κ1) is 10.2. The molecule has 72 valence electrons. The summed E-state index contributed by atoms with van der Waals surface area (Å²) in [6.45, 7) is -0.335. The van der Waals surface area contributed by atoms with E-state index in [1.165, 1.54) is 11.8 Å². The number of anilines is 1. The molecule has 0 saturated heterocycles. The lowest BCUT2D eigenvalue weighted by Crippen LogP contribution is -1.91. The lowest BCUT2D eigenvalue weighted by Gasteiger charge is -2.07. The van der Waals surface area contributed by atoms with Gasteiger partial charge in [0.15, 0.2) is 0 Å². The van der Waals surface area contributed by atoms with Gasteiger partial charge in [-0.3, -0.25) is 4.39 Å². The summed E-state index contributed by atoms with van der Waals surface area (Å²) in [5.41, 5.74) is 6.22. The summed E-state index contributed by atoms with van der Waals surface area (Å²) in [4.78, 5) is 0.925. The number of halogens is 1. The molecule has 1 rings (SSSR count). The van der Waals surface area contributed by atoms with Crippen LogP contribution in [-0.2, 0) is 0 Å². The van der Waals surface area contributed by atoms with Gasteiger partial charge in [0.25, 0.3) is 0 Å². The third-order valence-electron chi connectivity index (χ3n) is 1.52. The molecule has 13 heavy (non-hydrogen) atoms. The number of alkyl halides is 1. The molecule has 0 heterocycles. The normalized spacial score (nSPS) is 10.0. The van der Waals surface area contributed by atoms with Crippen LogP contribution < -0.4 is 10.5 Å². The van der Waals surface area contributed by atoms with Crippen molar-refractivity contribution in [2.45, 2.75) is 4.90 Å². The van der Waals surface area contributed by atoms with E-state index in [0.29, 0.717) is 17.2 Å². The molecular formula is C9H12FNOS. The van der Waals surface area contributed by atoms with E-state index in [1.54, 1.807) is 19.2 Å². The lowest BCUT2D eigenvalue weighted by atomic mass is 10.3. The second-order valence-electron chi connectivity index (χ2n) is 2.45. The zero-order valence-electron chi connectivity index (χ0n) is 7.42. The third kappa shape index (κ3) is 2.81. The number of benzene rings is 1. The van der Waals surface area contributed by atoms with E-state index in [9.17, 15) is 4.39 Å². The fourth-order valence-corrected chi connectivity index (χ4v) is 1.70. The molecule has 0 aromatic heterocycles. The van der Waals surface area contributed by atoms with Gasteiger partial charge in [-0.1, -0.05) is 0 Å². The molecular weight excluding hydrogens is 189 g/mol. The molecule has 1 aromatic rings. The van der Waals surface area contributed by atoms with E-state index in [4.69, 9.17) is 10.5 Å². The minimum atomic E-state index is -0.335. The van der Waals surface area contributed by atoms with Crippen LogP contribution in [0, 0.1) is 0 Å². The quantitative estimate of drug-likeness (QED) is 0.600. The fourth-order valence-electron chi connectivity index (χ4n) is 0.952. The predicted octanol–water partition coefficient (Wildman–Crippen LogP) is 2.34. The first-order chi connectivity index (χ1) is 6.27. The number of hydrogen-bond acceptors (Lipinski definition) is 3.